The van der Waals surface area contributed by atoms with Gasteiger partial charge in [-0.3, -0.25) is 14.5 Å². The van der Waals surface area contributed by atoms with Gasteiger partial charge < -0.3 is 44.7 Å². The molecule has 0 saturated carbocycles. The lowest BCUT2D eigenvalue weighted by molar-refractivity contribution is -0.142. The fourth-order valence-electron chi connectivity index (χ4n) is 10.1. The number of aliphatic carboxylic acids is 2. The number of piperidine rings is 1. The monoisotopic (exact) mass is 1170 g/mol. The number of carbonyl (C=O) groups is 5. The van der Waals surface area contributed by atoms with E-state index in [4.69, 9.17) is 18.9 Å². The van der Waals surface area contributed by atoms with Gasteiger partial charge in [0, 0.05) is 64.6 Å². The van der Waals surface area contributed by atoms with Crippen molar-refractivity contribution in [2.75, 3.05) is 72.2 Å². The van der Waals surface area contributed by atoms with Crippen LogP contribution >= 0.6 is 0 Å². The highest BCUT2D eigenvalue weighted by Crippen LogP contribution is 2.29. The van der Waals surface area contributed by atoms with Crippen LogP contribution in [0.4, 0.5) is 4.79 Å². The molecule has 82 heavy (non-hydrogen) atoms. The van der Waals surface area contributed by atoms with Gasteiger partial charge in [-0.15, -0.1) is 0 Å². The van der Waals surface area contributed by atoms with Crippen molar-refractivity contribution >= 4 is 49.9 Å². The molecule has 446 valence electrons. The largest absolute Gasteiger partial charge is 0.493 e. The van der Waals surface area contributed by atoms with Crippen LogP contribution in [0.5, 0.6) is 11.5 Å². The van der Waals surface area contributed by atoms with Crippen LogP contribution in [-0.4, -0.2) is 177 Å². The number of ether oxygens (including phenoxy) is 4. The van der Waals surface area contributed by atoms with E-state index >= 15 is 0 Å². The summed E-state index contributed by atoms with van der Waals surface area (Å²) in [6, 6.07) is 22.6. The lowest BCUT2D eigenvalue weighted by atomic mass is 9.99. The van der Waals surface area contributed by atoms with Crippen molar-refractivity contribution in [1.82, 2.24) is 29.0 Å². The molecule has 5 atom stereocenters. The van der Waals surface area contributed by atoms with Crippen molar-refractivity contribution in [3.8, 4) is 11.5 Å². The van der Waals surface area contributed by atoms with Crippen molar-refractivity contribution in [1.29, 1.82) is 0 Å². The molecule has 0 spiro atoms. The topological polar surface area (TPSA) is 268 Å². The van der Waals surface area contributed by atoms with Crippen LogP contribution in [0, 0.1) is 19.8 Å². The van der Waals surface area contributed by atoms with Crippen LogP contribution in [0.3, 0.4) is 0 Å². The van der Waals surface area contributed by atoms with E-state index in [2.05, 4.69) is 15.5 Å². The van der Waals surface area contributed by atoms with Gasteiger partial charge in [0.25, 0.3) is 0 Å². The Kier molecular flexibility index (Phi) is 21.9. The normalized spacial score (nSPS) is 19.9. The quantitative estimate of drug-likeness (QED) is 0.0784. The molecule has 4 N–H and O–H groups in total. The van der Waals surface area contributed by atoms with E-state index in [9.17, 15) is 51.0 Å². The lowest BCUT2D eigenvalue weighted by Crippen LogP contribution is -2.51. The van der Waals surface area contributed by atoms with E-state index in [1.165, 1.54) is 28.6 Å². The fraction of sp³-hybridized carbons (Fsp3) is 0.508. The summed E-state index contributed by atoms with van der Waals surface area (Å²) in [5, 5.41) is 24.7. The van der Waals surface area contributed by atoms with Crippen LogP contribution in [0.1, 0.15) is 81.5 Å². The van der Waals surface area contributed by atoms with Gasteiger partial charge in [-0.2, -0.15) is 8.61 Å². The number of nitrogens with zero attached hydrogens (tertiary/aromatic N) is 4. The van der Waals surface area contributed by atoms with Gasteiger partial charge in [-0.1, -0.05) is 59.7 Å². The number of hydrogen-bond donors (Lipinski definition) is 4. The number of carboxylic acids is 2. The molecular weight excluding hydrogens is 1100 g/mol. The lowest BCUT2D eigenvalue weighted by Gasteiger charge is -2.34. The summed E-state index contributed by atoms with van der Waals surface area (Å²) in [6.45, 7) is 15.9. The molecule has 4 aliphatic heterocycles. The Morgan fingerprint density at radius 1 is 0.610 bits per heavy atom. The summed E-state index contributed by atoms with van der Waals surface area (Å²) in [6.07, 6.45) is 3.23. The summed E-state index contributed by atoms with van der Waals surface area (Å²) >= 11 is 0. The maximum atomic E-state index is 13.2. The standard InChI is InChI=1S/C32H43N3O8S.C27H35N3O7S/c1-22-9-15-26(16-10-22)44(40,41)35-18-6-8-28(35)29(36)33-27(30(37)38)19-23-11-13-25(14-12-23)42-21-24-7-5-17-34(20-24)31(39)43-32(2,3)4;1-20-4-10-23(11-5-20)38(34,35)30-12-2-3-25(30)26(31)28-24(27(32)33)19-21-6-8-22(9-7-21)37-18-15-29-13-16-36-17-14-29/h9-16,24,27-28H,5-8,17-21H2,1-4H3,(H,33,36)(H,37,38);4-11,24-25H,2-3,12-19H2,1H3,(H,28,31)(H,32,33)/t24?,27-,28-;24-,25-/m00/s1. The zero-order valence-electron chi connectivity index (χ0n) is 47.4. The van der Waals surface area contributed by atoms with E-state index in [0.717, 1.165) is 61.1 Å². The highest BCUT2D eigenvalue weighted by atomic mass is 32.2. The third-order valence-electron chi connectivity index (χ3n) is 14.7. The van der Waals surface area contributed by atoms with Gasteiger partial charge in [-0.25, -0.2) is 31.2 Å². The second-order valence-corrected chi connectivity index (χ2v) is 26.0. The van der Waals surface area contributed by atoms with Gasteiger partial charge in [0.05, 0.1) is 29.6 Å². The van der Waals surface area contributed by atoms with Crippen LogP contribution in [0.2, 0.25) is 0 Å². The third kappa shape index (κ3) is 17.7. The first-order valence-electron chi connectivity index (χ1n) is 27.9. The molecule has 0 aromatic heterocycles. The minimum absolute atomic E-state index is 0.0201. The molecule has 4 aromatic rings. The molecule has 4 heterocycles. The molecule has 4 aliphatic rings. The minimum Gasteiger partial charge on any atom is -0.493 e. The Labute approximate surface area is 481 Å². The third-order valence-corrected chi connectivity index (χ3v) is 18.5. The summed E-state index contributed by atoms with van der Waals surface area (Å²) < 4.78 is 77.8. The number of sulfonamides is 2. The number of hydrogen-bond acceptors (Lipinski definition) is 14. The number of carboxylic acid groups (broad SMARTS) is 2. The zero-order valence-corrected chi connectivity index (χ0v) is 49.0. The average molecular weight is 1180 g/mol. The van der Waals surface area contributed by atoms with Crippen molar-refractivity contribution in [3.05, 3.63) is 119 Å². The Balaban J connectivity index is 0.000000239. The van der Waals surface area contributed by atoms with Crippen molar-refractivity contribution in [3.63, 3.8) is 0 Å². The number of morpholine rings is 1. The van der Waals surface area contributed by atoms with Crippen LogP contribution in [0.15, 0.2) is 107 Å². The highest BCUT2D eigenvalue weighted by molar-refractivity contribution is 7.89. The Bertz CT molecular complexity index is 3030. The number of likely N-dealkylation sites (tertiary alicyclic amines) is 1. The molecule has 4 saturated heterocycles. The van der Waals surface area contributed by atoms with Gasteiger partial charge in [0.2, 0.25) is 31.9 Å². The molecular formula is C59H78N6O15S2. The predicted octanol–water partition coefficient (Wildman–Crippen LogP) is 5.66. The number of carbonyl (C=O) groups excluding carboxylic acids is 3. The van der Waals surface area contributed by atoms with E-state index in [1.807, 2.05) is 34.6 Å². The molecule has 0 radical (unpaired) electrons. The number of rotatable bonds is 21. The Morgan fingerprint density at radius 2 is 1.05 bits per heavy atom. The highest BCUT2D eigenvalue weighted by Gasteiger charge is 2.42. The first-order chi connectivity index (χ1) is 39.0. The minimum atomic E-state index is -3.91. The number of amides is 3. The maximum absolute atomic E-state index is 13.2. The summed E-state index contributed by atoms with van der Waals surface area (Å²) in [7, 11) is -7.79. The average Bonchev–Trinajstić information content (AvgIpc) is 4.21. The smallest absolute Gasteiger partial charge is 0.410 e. The van der Waals surface area contributed by atoms with Crippen molar-refractivity contribution < 1.29 is 70.0 Å². The second kappa shape index (κ2) is 28.6. The number of aryl methyl sites for hydroxylation is 2. The van der Waals surface area contributed by atoms with Crippen molar-refractivity contribution in [2.24, 2.45) is 5.92 Å². The number of benzene rings is 4. The Hall–Kier alpha value is -6.63. The fourth-order valence-corrected chi connectivity index (χ4v) is 13.5. The summed E-state index contributed by atoms with van der Waals surface area (Å²) in [5.41, 5.74) is 2.68. The van der Waals surface area contributed by atoms with Crippen molar-refractivity contribution in [2.45, 2.75) is 126 Å². The van der Waals surface area contributed by atoms with Gasteiger partial charge in [-0.05, 0) is 133 Å². The Morgan fingerprint density at radius 3 is 1.49 bits per heavy atom. The molecule has 1 unspecified atom stereocenters. The molecule has 0 bridgehead atoms. The summed E-state index contributed by atoms with van der Waals surface area (Å²) in [4.78, 5) is 66.9. The molecule has 21 nitrogen and oxygen atoms in total. The first kappa shape index (κ1) is 63.0. The maximum Gasteiger partial charge on any atom is 0.410 e. The van der Waals surface area contributed by atoms with Crippen LogP contribution < -0.4 is 20.1 Å². The summed E-state index contributed by atoms with van der Waals surface area (Å²) in [5.74, 6) is -2.17. The zero-order chi connectivity index (χ0) is 59.2. The van der Waals surface area contributed by atoms with E-state index in [1.54, 1.807) is 77.7 Å². The van der Waals surface area contributed by atoms with Gasteiger partial charge in [0.1, 0.15) is 47.9 Å². The van der Waals surface area contributed by atoms with Crippen LogP contribution in [-0.2, 0) is 61.5 Å². The SMILES string of the molecule is Cc1ccc(S(=O)(=O)N2CCC[C@H]2C(=O)N[C@@H](Cc2ccc(OCC3CCCN(C(=O)OC(C)(C)C)C3)cc2)C(=O)O)cc1.Cc1ccc(S(=O)(=O)N2CCC[C@H]2C(=O)N[C@@H](Cc2ccc(OCCN3CCOCC3)cc2)C(=O)O)cc1. The molecule has 4 aromatic carbocycles. The first-order valence-corrected chi connectivity index (χ1v) is 30.8. The predicted molar refractivity (Wildman–Crippen MR) is 304 cm³/mol. The van der Waals surface area contributed by atoms with E-state index in [-0.39, 0.29) is 47.7 Å². The van der Waals surface area contributed by atoms with E-state index in [0.29, 0.717) is 74.6 Å². The molecule has 3 amide bonds. The van der Waals surface area contributed by atoms with E-state index < -0.39 is 73.6 Å². The molecule has 0 aliphatic carbocycles. The van der Waals surface area contributed by atoms with Crippen LogP contribution in [0.25, 0.3) is 0 Å². The van der Waals surface area contributed by atoms with Gasteiger partial charge in [0.15, 0.2) is 0 Å². The second-order valence-electron chi connectivity index (χ2n) is 22.2. The van der Waals surface area contributed by atoms with Gasteiger partial charge >= 0.3 is 18.0 Å². The molecule has 4 fully saturated rings. The number of nitrogens with one attached hydrogen (secondary N) is 2. The molecule has 8 rings (SSSR count). The molecule has 23 heteroatoms.